The van der Waals surface area contributed by atoms with Gasteiger partial charge in [0.1, 0.15) is 0 Å². The zero-order chi connectivity index (χ0) is 13.4. The molecule has 0 bridgehead atoms. The fourth-order valence-electron chi connectivity index (χ4n) is 1.47. The molecule has 0 unspecified atom stereocenters. The predicted molar refractivity (Wildman–Crippen MR) is 73.3 cm³/mol. The summed E-state index contributed by atoms with van der Waals surface area (Å²) in [6.07, 6.45) is 10.5. The molecule has 2 aliphatic rings. The summed E-state index contributed by atoms with van der Waals surface area (Å²) in [4.78, 5) is 0. The van der Waals surface area contributed by atoms with Crippen molar-refractivity contribution in [3.8, 4) is 0 Å². The molecule has 0 saturated heterocycles. The van der Waals surface area contributed by atoms with Crippen molar-refractivity contribution in [3.63, 3.8) is 0 Å². The predicted octanol–water partition coefficient (Wildman–Crippen LogP) is -1.46. The molecule has 0 heterocycles. The van der Waals surface area contributed by atoms with E-state index >= 15 is 0 Å². The van der Waals surface area contributed by atoms with Gasteiger partial charge in [-0.05, 0) is 0 Å². The summed E-state index contributed by atoms with van der Waals surface area (Å²) >= 11 is 1.30. The second-order valence-corrected chi connectivity index (χ2v) is 4.37. The molecule has 0 radical (unpaired) electrons. The van der Waals surface area contributed by atoms with Gasteiger partial charge in [0, 0.05) is 0 Å². The topological polar surface area (TPSA) is 0 Å². The monoisotopic (exact) mass is 374 g/mol. The van der Waals surface area contributed by atoms with Crippen LogP contribution in [0, 0.1) is 12.2 Å². The molecule has 0 aromatic heterocycles. The Labute approximate surface area is 146 Å². The van der Waals surface area contributed by atoms with E-state index in [4.69, 9.17) is 0 Å². The number of hydrogen-bond acceptors (Lipinski definition) is 0. The van der Waals surface area contributed by atoms with Crippen LogP contribution in [0.5, 0.6) is 0 Å². The SMILES string of the molecule is CC1=C(C)C[C-]=C1.CC1=[C-]CC(C)=C1C.[CH2]=[Zr+2].[Cl-].[Cl-]. The average molecular weight is 376 g/mol. The van der Waals surface area contributed by atoms with Crippen LogP contribution < -0.4 is 24.8 Å². The van der Waals surface area contributed by atoms with Crippen molar-refractivity contribution in [1.82, 2.24) is 0 Å². The van der Waals surface area contributed by atoms with E-state index in [0.717, 1.165) is 12.8 Å². The first-order valence-corrected chi connectivity index (χ1v) is 7.58. The van der Waals surface area contributed by atoms with Gasteiger partial charge >= 0.3 is 28.4 Å². The smallest absolute Gasteiger partial charge is 1.00 e. The van der Waals surface area contributed by atoms with Gasteiger partial charge in [0.25, 0.3) is 0 Å². The van der Waals surface area contributed by atoms with Gasteiger partial charge in [0.15, 0.2) is 0 Å². The molecule has 0 aromatic rings. The van der Waals surface area contributed by atoms with Gasteiger partial charge in [0.05, 0.1) is 0 Å². The Morgan fingerprint density at radius 3 is 1.58 bits per heavy atom. The molecule has 3 heteroatoms. The molecule has 0 aliphatic heterocycles. The third-order valence-corrected chi connectivity index (χ3v) is 3.18. The summed E-state index contributed by atoms with van der Waals surface area (Å²) in [5, 5.41) is 0. The third kappa shape index (κ3) is 8.95. The Bertz CT molecular complexity index is 382. The van der Waals surface area contributed by atoms with Crippen molar-refractivity contribution >= 4 is 4.21 Å². The zero-order valence-corrected chi connectivity index (χ0v) is 16.4. The van der Waals surface area contributed by atoms with Crippen molar-refractivity contribution in [3.05, 3.63) is 46.1 Å². The largest absolute Gasteiger partial charge is 1.00 e. The van der Waals surface area contributed by atoms with Gasteiger partial charge in [-0.15, -0.1) is 26.7 Å². The second kappa shape index (κ2) is 13.3. The van der Waals surface area contributed by atoms with E-state index in [1.807, 2.05) is 0 Å². The maximum Gasteiger partial charge on any atom is -1.00 e. The molecule has 2 aliphatic carbocycles. The zero-order valence-electron chi connectivity index (χ0n) is 12.5. The molecule has 2 rings (SSSR count). The van der Waals surface area contributed by atoms with Crippen molar-refractivity contribution in [2.45, 2.75) is 47.5 Å². The number of allylic oxidation sites excluding steroid dienone is 8. The van der Waals surface area contributed by atoms with Gasteiger partial charge in [0.2, 0.25) is 0 Å². The Kier molecular flexibility index (Phi) is 17.0. The van der Waals surface area contributed by atoms with Crippen LogP contribution in [0.4, 0.5) is 0 Å². The first-order valence-electron chi connectivity index (χ1n) is 5.85. The van der Waals surface area contributed by atoms with E-state index < -0.39 is 0 Å². The van der Waals surface area contributed by atoms with E-state index in [1.165, 1.54) is 52.1 Å². The van der Waals surface area contributed by atoms with Gasteiger partial charge < -0.3 is 24.8 Å². The number of hydrogen-bond donors (Lipinski definition) is 0. The number of halogens is 2. The molecule has 0 fully saturated rings. The quantitative estimate of drug-likeness (QED) is 0.453. The fraction of sp³-hybridized carbons (Fsp3) is 0.438. The van der Waals surface area contributed by atoms with Crippen molar-refractivity contribution < 1.29 is 49.0 Å². The van der Waals surface area contributed by atoms with Crippen LogP contribution in [0.25, 0.3) is 0 Å². The third-order valence-electron chi connectivity index (χ3n) is 3.18. The summed E-state index contributed by atoms with van der Waals surface area (Å²) in [7, 11) is 0. The summed E-state index contributed by atoms with van der Waals surface area (Å²) in [5.74, 6) is 0. The molecule has 0 aromatic carbocycles. The average Bonchev–Trinajstić information content (AvgIpc) is 2.84. The molecular formula is C16H22Cl2Zr-2. The summed E-state index contributed by atoms with van der Waals surface area (Å²) < 4.78 is 3.34. The first-order chi connectivity index (χ1) is 8.02. The van der Waals surface area contributed by atoms with Crippen molar-refractivity contribution in [1.29, 1.82) is 0 Å². The van der Waals surface area contributed by atoms with Crippen LogP contribution in [-0.4, -0.2) is 4.21 Å². The van der Waals surface area contributed by atoms with Crippen LogP contribution in [0.3, 0.4) is 0 Å². The molecule has 0 N–H and O–H groups in total. The van der Waals surface area contributed by atoms with Gasteiger partial charge in [-0.3, -0.25) is 12.2 Å². The Hall–Kier alpha value is 0.293. The summed E-state index contributed by atoms with van der Waals surface area (Å²) in [6, 6.07) is 0. The Morgan fingerprint density at radius 1 is 0.947 bits per heavy atom. The molecular weight excluding hydrogens is 354 g/mol. The molecule has 106 valence electrons. The van der Waals surface area contributed by atoms with Gasteiger partial charge in [-0.1, -0.05) is 20.8 Å². The minimum Gasteiger partial charge on any atom is -1.00 e. The van der Waals surface area contributed by atoms with Gasteiger partial charge in [-0.25, -0.2) is 17.2 Å². The molecule has 0 spiro atoms. The van der Waals surface area contributed by atoms with Gasteiger partial charge in [-0.2, -0.15) is 16.7 Å². The van der Waals surface area contributed by atoms with Crippen molar-refractivity contribution in [2.24, 2.45) is 0 Å². The number of rotatable bonds is 0. The second-order valence-electron chi connectivity index (χ2n) is 4.37. The summed E-state index contributed by atoms with van der Waals surface area (Å²) in [5.41, 5.74) is 7.09. The molecule has 0 saturated carbocycles. The van der Waals surface area contributed by atoms with Crippen LogP contribution in [0.2, 0.25) is 0 Å². The van der Waals surface area contributed by atoms with E-state index in [9.17, 15) is 0 Å². The van der Waals surface area contributed by atoms with E-state index in [-0.39, 0.29) is 24.8 Å². The normalized spacial score (nSPS) is 15.6. The fourth-order valence-corrected chi connectivity index (χ4v) is 1.47. The Morgan fingerprint density at radius 2 is 1.47 bits per heavy atom. The minimum atomic E-state index is 0. The van der Waals surface area contributed by atoms with Crippen LogP contribution >= 0.6 is 0 Å². The maximum atomic E-state index is 3.34. The minimum absolute atomic E-state index is 0. The van der Waals surface area contributed by atoms with Crippen LogP contribution in [0.15, 0.2) is 33.9 Å². The van der Waals surface area contributed by atoms with E-state index in [0.29, 0.717) is 0 Å². The molecule has 0 atom stereocenters. The van der Waals surface area contributed by atoms with E-state index in [2.05, 4.69) is 57.1 Å². The molecule has 0 nitrogen and oxygen atoms in total. The van der Waals surface area contributed by atoms with Crippen LogP contribution in [-0.2, 0) is 24.2 Å². The molecule has 0 amide bonds. The molecule has 19 heavy (non-hydrogen) atoms. The summed E-state index contributed by atoms with van der Waals surface area (Å²) in [6.45, 7) is 10.7. The maximum absolute atomic E-state index is 3.34. The van der Waals surface area contributed by atoms with Crippen molar-refractivity contribution in [2.75, 3.05) is 0 Å². The van der Waals surface area contributed by atoms with E-state index in [1.54, 1.807) is 0 Å². The standard InChI is InChI=1S/C8H11.C7H9.CH2.2ClH.Zr/c1-6-4-5-7(2)8(6)3;1-6-4-3-5-7(6)2;;;;/h4H2,1-3H3;4H,5H2,1-2H3;1H2;2*1H;/q2*-1;;;;+2/p-2. The Balaban J connectivity index is -0.000000219. The first kappa shape index (κ1) is 24.3. The van der Waals surface area contributed by atoms with Crippen LogP contribution in [0.1, 0.15) is 47.5 Å².